The third kappa shape index (κ3) is 3.37. The van der Waals surface area contributed by atoms with E-state index in [1.165, 1.54) is 6.42 Å². The average molecular weight is 281 g/mol. The van der Waals surface area contributed by atoms with Gasteiger partial charge in [0.1, 0.15) is 0 Å². The van der Waals surface area contributed by atoms with Crippen LogP contribution in [0, 0.1) is 5.92 Å². The number of rotatable bonds is 4. The van der Waals surface area contributed by atoms with Gasteiger partial charge >= 0.3 is 0 Å². The summed E-state index contributed by atoms with van der Waals surface area (Å²) >= 11 is 0. The van der Waals surface area contributed by atoms with E-state index in [0.29, 0.717) is 18.4 Å². The quantitative estimate of drug-likeness (QED) is 0.890. The molecule has 6 nitrogen and oxygen atoms in total. The van der Waals surface area contributed by atoms with Crippen LogP contribution >= 0.6 is 0 Å². The van der Waals surface area contributed by atoms with Gasteiger partial charge in [-0.3, -0.25) is 4.90 Å². The maximum atomic E-state index is 5.82. The fraction of sp³-hybridized carbons (Fsp3) is 0.857. The standard InChI is InChI=1S/C14H27N5O/c1-10(2)11(8-15)14-16-13(17-20-14)12-9-18(3)6-5-7-19(12)4/h10-12H,5-9,15H2,1-4H3. The molecule has 0 aliphatic carbocycles. The molecule has 20 heavy (non-hydrogen) atoms. The molecule has 2 rings (SSSR count). The predicted molar refractivity (Wildman–Crippen MR) is 78.4 cm³/mol. The smallest absolute Gasteiger partial charge is 0.231 e. The number of hydrogen-bond acceptors (Lipinski definition) is 6. The zero-order chi connectivity index (χ0) is 14.7. The highest BCUT2D eigenvalue weighted by molar-refractivity contribution is 5.01. The molecule has 6 heteroatoms. The van der Waals surface area contributed by atoms with E-state index >= 15 is 0 Å². The summed E-state index contributed by atoms with van der Waals surface area (Å²) in [4.78, 5) is 9.26. The van der Waals surface area contributed by atoms with Gasteiger partial charge in [0.25, 0.3) is 0 Å². The SMILES string of the molecule is CC(C)C(CN)c1nc(C2CN(C)CCCN2C)no1. The number of hydrogen-bond donors (Lipinski definition) is 1. The van der Waals surface area contributed by atoms with Crippen LogP contribution in [0.1, 0.15) is 43.9 Å². The van der Waals surface area contributed by atoms with Gasteiger partial charge in [-0.1, -0.05) is 19.0 Å². The van der Waals surface area contributed by atoms with Crippen molar-refractivity contribution in [2.45, 2.75) is 32.2 Å². The average Bonchev–Trinajstić information content (AvgIpc) is 2.78. The first-order chi connectivity index (χ1) is 9.52. The Morgan fingerprint density at radius 3 is 2.75 bits per heavy atom. The van der Waals surface area contributed by atoms with E-state index in [1.807, 2.05) is 0 Å². The van der Waals surface area contributed by atoms with Gasteiger partial charge in [-0.2, -0.15) is 4.98 Å². The number of nitrogens with zero attached hydrogens (tertiary/aromatic N) is 4. The second kappa shape index (κ2) is 6.65. The number of likely N-dealkylation sites (N-methyl/N-ethyl adjacent to an activating group) is 2. The monoisotopic (exact) mass is 281 g/mol. The predicted octanol–water partition coefficient (Wildman–Crippen LogP) is 1.08. The molecule has 1 aliphatic heterocycles. The Morgan fingerprint density at radius 1 is 1.35 bits per heavy atom. The molecule has 2 heterocycles. The molecule has 0 saturated carbocycles. The maximum absolute atomic E-state index is 5.82. The largest absolute Gasteiger partial charge is 0.339 e. The summed E-state index contributed by atoms with van der Waals surface area (Å²) in [6, 6.07) is 0.200. The van der Waals surface area contributed by atoms with Crippen LogP contribution in [0.3, 0.4) is 0 Å². The lowest BCUT2D eigenvalue weighted by Gasteiger charge is -2.24. The first-order valence-electron chi connectivity index (χ1n) is 7.45. The molecule has 0 bridgehead atoms. The normalized spacial score (nSPS) is 24.0. The fourth-order valence-corrected chi connectivity index (χ4v) is 2.74. The highest BCUT2D eigenvalue weighted by Crippen LogP contribution is 2.25. The maximum Gasteiger partial charge on any atom is 0.231 e. The molecule has 1 aromatic rings. The molecule has 2 atom stereocenters. The van der Waals surface area contributed by atoms with Crippen molar-refractivity contribution in [3.63, 3.8) is 0 Å². The number of aromatic nitrogens is 2. The summed E-state index contributed by atoms with van der Waals surface area (Å²) < 4.78 is 5.47. The van der Waals surface area contributed by atoms with Crippen molar-refractivity contribution in [2.24, 2.45) is 11.7 Å². The molecular weight excluding hydrogens is 254 g/mol. The molecule has 1 aromatic heterocycles. The Bertz CT molecular complexity index is 419. The van der Waals surface area contributed by atoms with Gasteiger partial charge in [-0.15, -0.1) is 0 Å². The zero-order valence-electron chi connectivity index (χ0n) is 13.0. The van der Waals surface area contributed by atoms with Gasteiger partial charge < -0.3 is 15.2 Å². The molecule has 0 aromatic carbocycles. The highest BCUT2D eigenvalue weighted by atomic mass is 16.5. The van der Waals surface area contributed by atoms with Crippen molar-refractivity contribution in [3.8, 4) is 0 Å². The van der Waals surface area contributed by atoms with Gasteiger partial charge in [0.15, 0.2) is 5.82 Å². The second-order valence-electron chi connectivity index (χ2n) is 6.19. The lowest BCUT2D eigenvalue weighted by atomic mass is 9.96. The third-order valence-corrected chi connectivity index (χ3v) is 4.20. The lowest BCUT2D eigenvalue weighted by Crippen LogP contribution is -2.31. The van der Waals surface area contributed by atoms with Crippen LogP contribution in [0.5, 0.6) is 0 Å². The van der Waals surface area contributed by atoms with Gasteiger partial charge in [-0.25, -0.2) is 0 Å². The molecule has 1 aliphatic rings. The molecule has 1 saturated heterocycles. The molecule has 2 N–H and O–H groups in total. The van der Waals surface area contributed by atoms with E-state index in [0.717, 1.165) is 25.5 Å². The van der Waals surface area contributed by atoms with Crippen molar-refractivity contribution in [1.29, 1.82) is 0 Å². The summed E-state index contributed by atoms with van der Waals surface area (Å²) in [5, 5.41) is 4.21. The Hall–Kier alpha value is -0.980. The van der Waals surface area contributed by atoms with Gasteiger partial charge in [0, 0.05) is 13.1 Å². The van der Waals surface area contributed by atoms with Crippen LogP contribution in [0.15, 0.2) is 4.52 Å². The Balaban J connectivity index is 2.18. The van der Waals surface area contributed by atoms with Crippen molar-refractivity contribution >= 4 is 0 Å². The first-order valence-corrected chi connectivity index (χ1v) is 7.45. The molecule has 2 unspecified atom stereocenters. The Morgan fingerprint density at radius 2 is 2.10 bits per heavy atom. The fourth-order valence-electron chi connectivity index (χ4n) is 2.74. The molecule has 0 spiro atoms. The van der Waals surface area contributed by atoms with Crippen LogP contribution in [-0.2, 0) is 0 Å². The van der Waals surface area contributed by atoms with E-state index in [1.54, 1.807) is 0 Å². The van der Waals surface area contributed by atoms with E-state index < -0.39 is 0 Å². The van der Waals surface area contributed by atoms with Crippen LogP contribution in [0.4, 0.5) is 0 Å². The molecule has 0 radical (unpaired) electrons. The second-order valence-corrected chi connectivity index (χ2v) is 6.19. The summed E-state index contributed by atoms with van der Waals surface area (Å²) in [5.41, 5.74) is 5.82. The summed E-state index contributed by atoms with van der Waals surface area (Å²) in [5.74, 6) is 2.01. The lowest BCUT2D eigenvalue weighted by molar-refractivity contribution is 0.214. The topological polar surface area (TPSA) is 71.4 Å². The van der Waals surface area contributed by atoms with E-state index in [2.05, 4.69) is 47.9 Å². The summed E-state index contributed by atoms with van der Waals surface area (Å²) in [6.07, 6.45) is 1.17. The Labute approximate surface area is 121 Å². The van der Waals surface area contributed by atoms with Gasteiger partial charge in [0.05, 0.1) is 12.0 Å². The molecule has 0 amide bonds. The molecular formula is C14H27N5O. The van der Waals surface area contributed by atoms with Crippen molar-refractivity contribution in [1.82, 2.24) is 19.9 Å². The van der Waals surface area contributed by atoms with Crippen molar-refractivity contribution < 1.29 is 4.52 Å². The Kier molecular flexibility index (Phi) is 5.12. The first kappa shape index (κ1) is 15.4. The third-order valence-electron chi connectivity index (χ3n) is 4.20. The van der Waals surface area contributed by atoms with E-state index in [9.17, 15) is 0 Å². The minimum Gasteiger partial charge on any atom is -0.339 e. The van der Waals surface area contributed by atoms with Crippen molar-refractivity contribution in [3.05, 3.63) is 11.7 Å². The summed E-state index contributed by atoms with van der Waals surface area (Å²) in [6.45, 7) is 7.91. The minimum atomic E-state index is 0.144. The van der Waals surface area contributed by atoms with Crippen LogP contribution < -0.4 is 5.73 Å². The van der Waals surface area contributed by atoms with Gasteiger partial charge in [0.2, 0.25) is 5.89 Å². The van der Waals surface area contributed by atoms with Gasteiger partial charge in [-0.05, 0) is 39.5 Å². The van der Waals surface area contributed by atoms with Crippen LogP contribution in [0.25, 0.3) is 0 Å². The number of nitrogens with two attached hydrogens (primary N) is 1. The molecule has 1 fully saturated rings. The minimum absolute atomic E-state index is 0.144. The highest BCUT2D eigenvalue weighted by Gasteiger charge is 2.28. The van der Waals surface area contributed by atoms with Crippen LogP contribution in [-0.4, -0.2) is 60.2 Å². The van der Waals surface area contributed by atoms with E-state index in [4.69, 9.17) is 10.3 Å². The van der Waals surface area contributed by atoms with Crippen molar-refractivity contribution in [2.75, 3.05) is 40.3 Å². The van der Waals surface area contributed by atoms with E-state index in [-0.39, 0.29) is 12.0 Å². The van der Waals surface area contributed by atoms with Crippen LogP contribution in [0.2, 0.25) is 0 Å². The molecule has 114 valence electrons. The zero-order valence-corrected chi connectivity index (χ0v) is 13.0. The summed E-state index contributed by atoms with van der Waals surface area (Å²) in [7, 11) is 4.27.